The Morgan fingerprint density at radius 1 is 0.773 bits per heavy atom. The minimum absolute atomic E-state index is 0.454. The first-order chi connectivity index (χ1) is 9.56. The zero-order valence-electron chi connectivity index (χ0n) is 16.9. The molecule has 22 heavy (non-hydrogen) atoms. The maximum atomic E-state index is 6.55. The van der Waals surface area contributed by atoms with Crippen LogP contribution in [0, 0.1) is 0 Å². The van der Waals surface area contributed by atoms with Crippen LogP contribution in [0.25, 0.3) is 0 Å². The molecule has 0 spiro atoms. The third-order valence-corrected chi connectivity index (χ3v) is 21.2. The standard InChI is InChI=1S/C14H40O3Si5/c1-14(2)21(9,10)15-18-12-13-22(11,16-19(3,4)5)17-20(6,7)8/h14H,12-13,18H2,1-11H3. The van der Waals surface area contributed by atoms with Crippen LogP contribution in [0.5, 0.6) is 0 Å². The molecule has 0 aliphatic rings. The molecule has 0 aliphatic heterocycles. The maximum absolute atomic E-state index is 6.55. The summed E-state index contributed by atoms with van der Waals surface area (Å²) in [6, 6.07) is 2.30. The molecule has 0 aromatic heterocycles. The first kappa shape index (κ1) is 23.0. The summed E-state index contributed by atoms with van der Waals surface area (Å²) in [5.74, 6) is 0. The van der Waals surface area contributed by atoms with E-state index in [4.69, 9.17) is 12.3 Å². The molecule has 0 saturated heterocycles. The summed E-state index contributed by atoms with van der Waals surface area (Å²) in [5.41, 5.74) is 0.695. The average Bonchev–Trinajstić information content (AvgIpc) is 2.18. The van der Waals surface area contributed by atoms with E-state index in [1.165, 1.54) is 6.04 Å². The third-order valence-electron chi connectivity index (χ3n) is 3.68. The summed E-state index contributed by atoms with van der Waals surface area (Å²) >= 11 is 0. The highest BCUT2D eigenvalue weighted by atomic mass is 28.5. The summed E-state index contributed by atoms with van der Waals surface area (Å²) in [7, 11) is -7.09. The smallest absolute Gasteiger partial charge is 0.314 e. The van der Waals surface area contributed by atoms with Crippen LogP contribution in [-0.2, 0) is 12.3 Å². The molecule has 3 nitrogen and oxygen atoms in total. The second-order valence-electron chi connectivity index (χ2n) is 9.27. The van der Waals surface area contributed by atoms with E-state index in [1.807, 2.05) is 0 Å². The second kappa shape index (κ2) is 8.37. The minimum Gasteiger partial charge on any atom is -0.460 e. The molecule has 0 unspecified atom stereocenters. The van der Waals surface area contributed by atoms with E-state index in [0.717, 1.165) is 6.04 Å². The largest absolute Gasteiger partial charge is 0.460 e. The van der Waals surface area contributed by atoms with E-state index in [1.54, 1.807) is 0 Å². The van der Waals surface area contributed by atoms with Crippen molar-refractivity contribution in [1.82, 2.24) is 0 Å². The zero-order chi connectivity index (χ0) is 17.8. The van der Waals surface area contributed by atoms with Crippen LogP contribution in [0.2, 0.25) is 76.6 Å². The molecular weight excluding hydrogens is 357 g/mol. The zero-order valence-corrected chi connectivity index (χ0v) is 22.3. The van der Waals surface area contributed by atoms with Gasteiger partial charge in [-0.15, -0.1) is 0 Å². The van der Waals surface area contributed by atoms with Crippen LogP contribution in [0.1, 0.15) is 13.8 Å². The minimum atomic E-state index is -2.05. The summed E-state index contributed by atoms with van der Waals surface area (Å²) in [5, 5.41) is 0. The first-order valence-electron chi connectivity index (χ1n) is 8.61. The monoisotopic (exact) mass is 396 g/mol. The van der Waals surface area contributed by atoms with Crippen molar-refractivity contribution >= 4 is 43.3 Å². The fourth-order valence-electron chi connectivity index (χ4n) is 2.31. The van der Waals surface area contributed by atoms with E-state index < -0.39 is 43.3 Å². The van der Waals surface area contributed by atoms with Crippen molar-refractivity contribution in [3.8, 4) is 0 Å². The first-order valence-corrected chi connectivity index (χ1v) is 22.5. The van der Waals surface area contributed by atoms with Gasteiger partial charge < -0.3 is 12.3 Å². The molecule has 0 amide bonds. The molecule has 0 heterocycles. The van der Waals surface area contributed by atoms with Crippen molar-refractivity contribution in [2.75, 3.05) is 0 Å². The van der Waals surface area contributed by atoms with Crippen molar-refractivity contribution in [2.24, 2.45) is 0 Å². The third kappa shape index (κ3) is 10.7. The lowest BCUT2D eigenvalue weighted by Crippen LogP contribution is -2.52. The van der Waals surface area contributed by atoms with Gasteiger partial charge in [0.05, 0.1) is 0 Å². The average molecular weight is 397 g/mol. The van der Waals surface area contributed by atoms with Gasteiger partial charge in [-0.2, -0.15) is 0 Å². The van der Waals surface area contributed by atoms with Crippen molar-refractivity contribution in [3.05, 3.63) is 0 Å². The highest BCUT2D eigenvalue weighted by Gasteiger charge is 2.40. The summed E-state index contributed by atoms with van der Waals surface area (Å²) in [6.07, 6.45) is 0. The van der Waals surface area contributed by atoms with E-state index in [2.05, 4.69) is 72.8 Å². The van der Waals surface area contributed by atoms with Gasteiger partial charge in [-0.25, -0.2) is 0 Å². The normalized spacial score (nSPS) is 15.3. The summed E-state index contributed by atoms with van der Waals surface area (Å²) < 4.78 is 19.5. The Balaban J connectivity index is 4.61. The molecule has 134 valence electrons. The predicted octanol–water partition coefficient (Wildman–Crippen LogP) is 4.90. The van der Waals surface area contributed by atoms with Crippen molar-refractivity contribution < 1.29 is 12.3 Å². The van der Waals surface area contributed by atoms with Crippen LogP contribution in [0.3, 0.4) is 0 Å². The van der Waals surface area contributed by atoms with Gasteiger partial charge in [-0.1, -0.05) is 13.8 Å². The highest BCUT2D eigenvalue weighted by Crippen LogP contribution is 2.26. The molecule has 0 bridgehead atoms. The Morgan fingerprint density at radius 2 is 1.18 bits per heavy atom. The Kier molecular flexibility index (Phi) is 8.74. The summed E-state index contributed by atoms with van der Waals surface area (Å²) in [6.45, 7) is 25.2. The molecule has 0 radical (unpaired) electrons. The van der Waals surface area contributed by atoms with Crippen LogP contribution >= 0.6 is 0 Å². The number of rotatable bonds is 10. The lowest BCUT2D eigenvalue weighted by molar-refractivity contribution is 0.385. The number of hydrogen-bond donors (Lipinski definition) is 0. The SMILES string of the molecule is CC(C)[Si](C)(C)O[SiH2]CC[Si](C)(O[Si](C)(C)C)O[Si](C)(C)C. The topological polar surface area (TPSA) is 27.7 Å². The Bertz CT molecular complexity index is 318. The van der Waals surface area contributed by atoms with Crippen LogP contribution in [0.15, 0.2) is 0 Å². The molecule has 8 heteroatoms. The molecule has 0 fully saturated rings. The summed E-state index contributed by atoms with van der Waals surface area (Å²) in [4.78, 5) is 0. The molecule has 0 atom stereocenters. The molecule has 0 aromatic carbocycles. The van der Waals surface area contributed by atoms with Crippen LogP contribution < -0.4 is 0 Å². The molecule has 0 rings (SSSR count). The lowest BCUT2D eigenvalue weighted by Gasteiger charge is -2.38. The predicted molar refractivity (Wildman–Crippen MR) is 112 cm³/mol. The Morgan fingerprint density at radius 3 is 1.50 bits per heavy atom. The molecular formula is C14H40O3Si5. The van der Waals surface area contributed by atoms with Crippen molar-refractivity contribution in [2.45, 2.75) is 90.4 Å². The quantitative estimate of drug-likeness (QED) is 0.388. The van der Waals surface area contributed by atoms with E-state index in [9.17, 15) is 0 Å². The Labute approximate surface area is 146 Å². The highest BCUT2D eigenvalue weighted by molar-refractivity contribution is 6.88. The van der Waals surface area contributed by atoms with Gasteiger partial charge >= 0.3 is 8.56 Å². The molecule has 0 saturated carbocycles. The number of hydrogen-bond acceptors (Lipinski definition) is 3. The van der Waals surface area contributed by atoms with E-state index >= 15 is 0 Å². The van der Waals surface area contributed by atoms with Crippen molar-refractivity contribution in [1.29, 1.82) is 0 Å². The van der Waals surface area contributed by atoms with Crippen LogP contribution in [0.4, 0.5) is 0 Å². The molecule has 0 aromatic rings. The van der Waals surface area contributed by atoms with E-state index in [0.29, 0.717) is 5.54 Å². The van der Waals surface area contributed by atoms with Gasteiger partial charge in [0.2, 0.25) is 0 Å². The molecule has 0 N–H and O–H groups in total. The van der Waals surface area contributed by atoms with Gasteiger partial charge in [0, 0.05) is 0 Å². The maximum Gasteiger partial charge on any atom is 0.314 e. The second-order valence-corrected chi connectivity index (χ2v) is 28.8. The Hall–Kier alpha value is 0.964. The fraction of sp³-hybridized carbons (Fsp3) is 1.00. The van der Waals surface area contributed by atoms with Crippen molar-refractivity contribution in [3.63, 3.8) is 0 Å². The van der Waals surface area contributed by atoms with Gasteiger partial charge in [0.25, 0.3) is 0 Å². The van der Waals surface area contributed by atoms with Crippen LogP contribution in [-0.4, -0.2) is 43.3 Å². The molecule has 0 aliphatic carbocycles. The lowest BCUT2D eigenvalue weighted by atomic mass is 10.6. The van der Waals surface area contributed by atoms with Gasteiger partial charge in [0.1, 0.15) is 9.76 Å². The van der Waals surface area contributed by atoms with Gasteiger partial charge in [-0.05, 0) is 76.6 Å². The fourth-order valence-corrected chi connectivity index (χ4v) is 21.2. The van der Waals surface area contributed by atoms with Gasteiger partial charge in [-0.3, -0.25) is 0 Å². The van der Waals surface area contributed by atoms with E-state index in [-0.39, 0.29) is 0 Å². The van der Waals surface area contributed by atoms with Gasteiger partial charge in [0.15, 0.2) is 25.0 Å².